The number of Topliss-reactive ketones (excluding diaryl/α,β-unsaturated/α-hetero) is 1. The van der Waals surface area contributed by atoms with Gasteiger partial charge in [0.15, 0.2) is 45.0 Å². The van der Waals surface area contributed by atoms with Crippen LogP contribution in [0.25, 0.3) is 5.03 Å². The van der Waals surface area contributed by atoms with Gasteiger partial charge in [-0.1, -0.05) is 53.8 Å². The summed E-state index contributed by atoms with van der Waals surface area (Å²) in [6.45, 7) is 0. The summed E-state index contributed by atoms with van der Waals surface area (Å²) in [5.74, 6) is -12.2. The van der Waals surface area contributed by atoms with Gasteiger partial charge in [0.2, 0.25) is 0 Å². The van der Waals surface area contributed by atoms with Crippen LogP contribution in [0.4, 0.5) is 39.5 Å². The summed E-state index contributed by atoms with van der Waals surface area (Å²) in [4.78, 5) is 10.8. The molecule has 3 aromatic rings. The minimum atomic E-state index is -3.69. The standard InChI is InChI=1S/C8H4Cl3F3.C8H3Cl2F3.C8H4ClF3O.CH4.Cl5P/c9-3-8(10,11)4-1-6(13)7(14)2-5(4)12;9-3-5(10)4-1-7(12)8(13)2-6(4)11;9-3-8(13)4-1-6(11)7(12)2-5(4)10;;1-6(2,3,4)5/h1-2H,3H2;1-3H;1-2H,3H2;1H4;. The van der Waals surface area contributed by atoms with Crippen LogP contribution >= 0.6 is 129 Å². The normalized spacial score (nSPS) is 12.1. The van der Waals surface area contributed by atoms with Crippen molar-refractivity contribution in [2.24, 2.45) is 0 Å². The Kier molecular flexibility index (Phi) is 21.8. The van der Waals surface area contributed by atoms with Crippen LogP contribution in [0.2, 0.25) is 0 Å². The molecule has 0 N–H and O–H groups in total. The molecule has 0 fully saturated rings. The van der Waals surface area contributed by atoms with Gasteiger partial charge >= 0.3 is 59.6 Å². The predicted molar refractivity (Wildman–Crippen MR) is 181 cm³/mol. The van der Waals surface area contributed by atoms with E-state index in [0.717, 1.165) is 5.54 Å². The molecular formula is C25H15Cl11F9OP. The summed E-state index contributed by atoms with van der Waals surface area (Å²) in [5, 5.41) is -0.182. The van der Waals surface area contributed by atoms with Crippen molar-refractivity contribution in [3.05, 3.63) is 111 Å². The molecule has 0 atom stereocenters. The Balaban J connectivity index is 0. The molecule has 0 bridgehead atoms. The molecule has 22 heteroatoms. The molecule has 0 saturated carbocycles. The number of hydrogen-bond donors (Lipinski definition) is 0. The summed E-state index contributed by atoms with van der Waals surface area (Å²) in [7, 11) is 0. The molecule has 3 rings (SSSR count). The van der Waals surface area contributed by atoms with Crippen molar-refractivity contribution in [1.29, 1.82) is 0 Å². The second kappa shape index (κ2) is 20.8. The Morgan fingerprint density at radius 2 is 0.936 bits per heavy atom. The summed E-state index contributed by atoms with van der Waals surface area (Å²) in [6, 6.07) is 2.83. The van der Waals surface area contributed by atoms with Gasteiger partial charge in [-0.05, 0) is 18.2 Å². The van der Waals surface area contributed by atoms with Crippen molar-refractivity contribution in [3.8, 4) is 0 Å². The number of ketones is 1. The van der Waals surface area contributed by atoms with Gasteiger partial charge in [0, 0.05) is 34.9 Å². The number of carbonyl (C=O) groups is 1. The fourth-order valence-electron chi connectivity index (χ4n) is 2.45. The first-order valence-corrected chi connectivity index (χ1v) is 20.2. The number of hydrogen-bond acceptors (Lipinski definition) is 1. The molecule has 0 amide bonds. The van der Waals surface area contributed by atoms with Gasteiger partial charge in [-0.15, -0.1) is 23.2 Å². The van der Waals surface area contributed by atoms with E-state index in [2.05, 4.69) is 0 Å². The van der Waals surface area contributed by atoms with Gasteiger partial charge < -0.3 is 0 Å². The predicted octanol–water partition coefficient (Wildman–Crippen LogP) is 15.3. The van der Waals surface area contributed by atoms with Crippen LogP contribution < -0.4 is 0 Å². The first kappa shape index (κ1) is 49.2. The molecule has 47 heavy (non-hydrogen) atoms. The van der Waals surface area contributed by atoms with Crippen LogP contribution in [0.15, 0.2) is 41.9 Å². The number of carbonyl (C=O) groups excluding carboxylic acids is 1. The fourth-order valence-corrected chi connectivity index (χ4v) is 3.29. The molecule has 0 aliphatic carbocycles. The molecule has 0 spiro atoms. The van der Waals surface area contributed by atoms with E-state index in [4.69, 9.17) is 126 Å². The Labute approximate surface area is 316 Å². The van der Waals surface area contributed by atoms with E-state index in [1.165, 1.54) is 0 Å². The maximum atomic E-state index is 13.1. The number of halogens is 20. The second-order valence-corrected chi connectivity index (χ2v) is 27.0. The maximum absolute atomic E-state index is 13.1. The Morgan fingerprint density at radius 1 is 0.617 bits per heavy atom. The van der Waals surface area contributed by atoms with E-state index < -0.39 is 77.3 Å². The minimum absolute atomic E-state index is 0. The SMILES string of the molecule is C.ClP(Cl)(Cl)(Cl)Cl.Fc1cc(F)c(C(Cl)(Cl)CCl)cc1F.Fc1cc(F)c(C(Cl)=CCl)cc1F.O=C(CCl)c1cc(F)c(F)cc1F. The van der Waals surface area contributed by atoms with Crippen LogP contribution in [-0.4, -0.2) is 17.5 Å². The number of alkyl halides is 4. The summed E-state index contributed by atoms with van der Waals surface area (Å²) < 4.78 is 108. The molecule has 0 unspecified atom stereocenters. The second-order valence-electron chi connectivity index (χ2n) is 7.73. The fraction of sp³-hybridized carbons (Fsp3) is 0.160. The van der Waals surface area contributed by atoms with Crippen molar-refractivity contribution in [1.82, 2.24) is 0 Å². The molecule has 1 nitrogen and oxygen atoms in total. The molecular weight excluding hydrogens is 908 g/mol. The van der Waals surface area contributed by atoms with Crippen molar-refractivity contribution in [2.75, 3.05) is 11.8 Å². The largest absolute Gasteiger partial charge is 0.293 e. The van der Waals surface area contributed by atoms with Crippen LogP contribution in [0.1, 0.15) is 28.9 Å². The van der Waals surface area contributed by atoms with Crippen molar-refractivity contribution in [3.63, 3.8) is 0 Å². The Bertz CT molecular complexity index is 1550. The third-order valence-corrected chi connectivity index (χ3v) is 6.60. The number of rotatable bonds is 5. The van der Waals surface area contributed by atoms with Crippen LogP contribution in [0.3, 0.4) is 0 Å². The smallest absolute Gasteiger partial charge is 0.180 e. The summed E-state index contributed by atoms with van der Waals surface area (Å²) >= 11 is 57.1. The van der Waals surface area contributed by atoms with E-state index in [1.807, 2.05) is 0 Å². The zero-order valence-electron chi connectivity index (χ0n) is 21.4. The van der Waals surface area contributed by atoms with Crippen molar-refractivity contribution >= 4 is 140 Å². The van der Waals surface area contributed by atoms with E-state index in [1.54, 1.807) is 0 Å². The molecule has 3 aromatic carbocycles. The molecule has 0 heterocycles. The van der Waals surface area contributed by atoms with Gasteiger partial charge in [0.25, 0.3) is 0 Å². The molecule has 0 aliphatic rings. The molecule has 0 radical (unpaired) electrons. The first-order chi connectivity index (χ1) is 20.7. The van der Waals surface area contributed by atoms with Crippen molar-refractivity contribution < 1.29 is 44.3 Å². The third kappa shape index (κ3) is 18.7. The van der Waals surface area contributed by atoms with Gasteiger partial charge in [-0.3, -0.25) is 4.79 Å². The topological polar surface area (TPSA) is 17.1 Å². The average molecular weight is 923 g/mol. The van der Waals surface area contributed by atoms with Gasteiger partial charge in [-0.25, -0.2) is 39.5 Å². The monoisotopic (exact) mass is 918 g/mol. The van der Waals surface area contributed by atoms with Gasteiger partial charge in [0.05, 0.1) is 22.4 Å². The summed E-state index contributed by atoms with van der Waals surface area (Å²) in [6.07, 6.45) is 0. The average Bonchev–Trinajstić information content (AvgIpc) is 2.93. The Hall–Kier alpha value is 0.0600. The third-order valence-electron chi connectivity index (χ3n) is 4.37. The summed E-state index contributed by atoms with van der Waals surface area (Å²) in [5.41, 5.74) is -0.309. The number of benzene rings is 3. The first-order valence-electron chi connectivity index (χ1n) is 10.8. The Morgan fingerprint density at radius 3 is 1.30 bits per heavy atom. The zero-order valence-corrected chi connectivity index (χ0v) is 30.6. The van der Waals surface area contributed by atoms with Gasteiger partial charge in [-0.2, -0.15) is 0 Å². The van der Waals surface area contributed by atoms with Crippen LogP contribution in [0, 0.1) is 52.4 Å². The van der Waals surface area contributed by atoms with Crippen LogP contribution in [-0.2, 0) is 4.33 Å². The van der Waals surface area contributed by atoms with E-state index in [9.17, 15) is 44.3 Å². The van der Waals surface area contributed by atoms with Gasteiger partial charge in [0.1, 0.15) is 17.5 Å². The molecule has 266 valence electrons. The molecule has 0 aliphatic heterocycles. The minimum Gasteiger partial charge on any atom is -0.293 e. The van der Waals surface area contributed by atoms with Crippen LogP contribution in [0.5, 0.6) is 0 Å². The van der Waals surface area contributed by atoms with E-state index in [0.29, 0.717) is 36.4 Å². The van der Waals surface area contributed by atoms with E-state index in [-0.39, 0.29) is 29.5 Å². The maximum Gasteiger partial charge on any atom is 0.180 e. The molecule has 0 saturated heterocycles. The van der Waals surface area contributed by atoms with Crippen molar-refractivity contribution in [2.45, 2.75) is 11.8 Å². The molecule has 0 aromatic heterocycles. The zero-order chi connectivity index (χ0) is 36.4. The van der Waals surface area contributed by atoms with E-state index >= 15 is 0 Å². The quantitative estimate of drug-likeness (QED) is 0.0819.